The predicted octanol–water partition coefficient (Wildman–Crippen LogP) is 0.828. The maximum absolute atomic E-state index is 11.7. The Hall–Kier alpha value is -0.990. The Labute approximate surface area is 139 Å². The molecule has 2 N–H and O–H groups in total. The number of β-amino-alcohol motifs (C(OH)–C–C–N with tert-alkyl or cyclic N) is 1. The third-order valence-electron chi connectivity index (χ3n) is 4.36. The highest BCUT2D eigenvalue weighted by Gasteiger charge is 2.23. The van der Waals surface area contributed by atoms with E-state index in [0.29, 0.717) is 19.0 Å². The molecule has 1 saturated heterocycles. The van der Waals surface area contributed by atoms with Gasteiger partial charge in [-0.1, -0.05) is 30.3 Å². The van der Waals surface area contributed by atoms with Crippen LogP contribution in [0.15, 0.2) is 30.3 Å². The second-order valence-electron chi connectivity index (χ2n) is 6.31. The molecule has 7 heteroatoms. The molecule has 1 aromatic rings. The summed E-state index contributed by atoms with van der Waals surface area (Å²) in [4.78, 5) is 2.24. The van der Waals surface area contributed by atoms with Crippen molar-refractivity contribution in [3.63, 3.8) is 0 Å². The number of nitrogens with zero attached hydrogens (tertiary/aromatic N) is 2. The maximum Gasteiger partial charge on any atom is 0.278 e. The summed E-state index contributed by atoms with van der Waals surface area (Å²) in [5, 5.41) is 10.3. The molecule has 1 heterocycles. The van der Waals surface area contributed by atoms with Crippen molar-refractivity contribution in [1.82, 2.24) is 13.9 Å². The number of nitrogens with one attached hydrogen (secondary N) is 1. The molecule has 1 aliphatic heterocycles. The van der Waals surface area contributed by atoms with E-state index < -0.39 is 16.3 Å². The zero-order chi connectivity index (χ0) is 16.9. The molecule has 6 nitrogen and oxygen atoms in total. The molecule has 0 bridgehead atoms. The van der Waals surface area contributed by atoms with E-state index in [0.717, 1.165) is 31.5 Å². The van der Waals surface area contributed by atoms with Crippen LogP contribution in [0.3, 0.4) is 0 Å². The van der Waals surface area contributed by atoms with E-state index in [-0.39, 0.29) is 0 Å². The summed E-state index contributed by atoms with van der Waals surface area (Å²) in [6.07, 6.45) is 1.41. The minimum atomic E-state index is -3.34. The number of rotatable bonds is 7. The van der Waals surface area contributed by atoms with Gasteiger partial charge >= 0.3 is 0 Å². The summed E-state index contributed by atoms with van der Waals surface area (Å²) in [6, 6.07) is 9.68. The van der Waals surface area contributed by atoms with E-state index in [4.69, 9.17) is 0 Å². The quantitative estimate of drug-likeness (QED) is 0.770. The van der Waals surface area contributed by atoms with Crippen molar-refractivity contribution < 1.29 is 13.5 Å². The SMILES string of the molecule is CN(C)S(=O)(=O)NCC1CCN(C[C@H](O)c2ccccc2)CC1. The number of likely N-dealkylation sites (tertiary alicyclic amines) is 1. The Bertz CT molecular complexity index is 569. The van der Waals surface area contributed by atoms with Crippen LogP contribution in [0.4, 0.5) is 0 Å². The van der Waals surface area contributed by atoms with E-state index in [9.17, 15) is 13.5 Å². The van der Waals surface area contributed by atoms with Gasteiger partial charge in [0.05, 0.1) is 6.10 Å². The summed E-state index contributed by atoms with van der Waals surface area (Å²) < 4.78 is 27.3. The fourth-order valence-corrected chi connectivity index (χ4v) is 3.46. The van der Waals surface area contributed by atoms with Crippen molar-refractivity contribution in [3.8, 4) is 0 Å². The fourth-order valence-electron chi connectivity index (χ4n) is 2.75. The Kier molecular flexibility index (Phi) is 6.55. The Morgan fingerprint density at radius 1 is 1.26 bits per heavy atom. The second kappa shape index (κ2) is 8.21. The fraction of sp³-hybridized carbons (Fsp3) is 0.625. The molecule has 1 atom stereocenters. The third kappa shape index (κ3) is 5.54. The van der Waals surface area contributed by atoms with E-state index in [1.807, 2.05) is 30.3 Å². The van der Waals surface area contributed by atoms with Crippen molar-refractivity contribution >= 4 is 10.2 Å². The molecule has 23 heavy (non-hydrogen) atoms. The Balaban J connectivity index is 1.74. The lowest BCUT2D eigenvalue weighted by Gasteiger charge is -2.33. The van der Waals surface area contributed by atoms with E-state index in [2.05, 4.69) is 9.62 Å². The highest BCUT2D eigenvalue weighted by atomic mass is 32.2. The van der Waals surface area contributed by atoms with Gasteiger partial charge < -0.3 is 10.0 Å². The highest BCUT2D eigenvalue weighted by molar-refractivity contribution is 7.87. The number of aliphatic hydroxyl groups excluding tert-OH is 1. The van der Waals surface area contributed by atoms with Crippen LogP contribution in [0.25, 0.3) is 0 Å². The predicted molar refractivity (Wildman–Crippen MR) is 91.2 cm³/mol. The summed E-state index contributed by atoms with van der Waals surface area (Å²) in [6.45, 7) is 2.88. The average Bonchev–Trinajstić information content (AvgIpc) is 2.55. The average molecular weight is 341 g/mol. The molecule has 1 aliphatic rings. The molecular formula is C16H27N3O3S. The van der Waals surface area contributed by atoms with Crippen molar-refractivity contribution in [2.75, 3.05) is 40.3 Å². The van der Waals surface area contributed by atoms with Gasteiger partial charge in [0.15, 0.2) is 0 Å². The molecule has 0 saturated carbocycles. The van der Waals surface area contributed by atoms with Crippen LogP contribution in [-0.4, -0.2) is 63.0 Å². The standard InChI is InChI=1S/C16H27N3O3S/c1-18(2)23(21,22)17-12-14-8-10-19(11-9-14)13-16(20)15-6-4-3-5-7-15/h3-7,14,16-17,20H,8-13H2,1-2H3/t16-/m0/s1. The molecule has 1 fully saturated rings. The van der Waals surface area contributed by atoms with Gasteiger partial charge in [-0.05, 0) is 37.4 Å². The van der Waals surface area contributed by atoms with Gasteiger partial charge in [0.2, 0.25) is 0 Å². The Morgan fingerprint density at radius 3 is 2.43 bits per heavy atom. The molecular weight excluding hydrogens is 314 g/mol. The van der Waals surface area contributed by atoms with Crippen molar-refractivity contribution in [2.45, 2.75) is 18.9 Å². The number of hydrogen-bond acceptors (Lipinski definition) is 4. The van der Waals surface area contributed by atoms with Gasteiger partial charge in [0, 0.05) is 27.2 Å². The highest BCUT2D eigenvalue weighted by Crippen LogP contribution is 2.20. The Morgan fingerprint density at radius 2 is 1.87 bits per heavy atom. The topological polar surface area (TPSA) is 72.9 Å². The molecule has 0 aliphatic carbocycles. The summed E-state index contributed by atoms with van der Waals surface area (Å²) in [5.41, 5.74) is 0.938. The van der Waals surface area contributed by atoms with Gasteiger partial charge in [-0.3, -0.25) is 0 Å². The van der Waals surface area contributed by atoms with Crippen LogP contribution in [0.1, 0.15) is 24.5 Å². The molecule has 0 amide bonds. The first-order valence-corrected chi connectivity index (χ1v) is 9.45. The van der Waals surface area contributed by atoms with Gasteiger partial charge in [-0.15, -0.1) is 0 Å². The molecule has 2 rings (SSSR count). The van der Waals surface area contributed by atoms with Crippen LogP contribution in [0.5, 0.6) is 0 Å². The lowest BCUT2D eigenvalue weighted by molar-refractivity contribution is 0.0899. The van der Waals surface area contributed by atoms with Crippen LogP contribution in [-0.2, 0) is 10.2 Å². The van der Waals surface area contributed by atoms with Gasteiger partial charge in [-0.2, -0.15) is 12.7 Å². The van der Waals surface area contributed by atoms with Crippen LogP contribution >= 0.6 is 0 Å². The van der Waals surface area contributed by atoms with Crippen molar-refractivity contribution in [1.29, 1.82) is 0 Å². The van der Waals surface area contributed by atoms with Crippen LogP contribution < -0.4 is 4.72 Å². The summed E-state index contributed by atoms with van der Waals surface area (Å²) >= 11 is 0. The zero-order valence-corrected chi connectivity index (χ0v) is 14.7. The van der Waals surface area contributed by atoms with Gasteiger partial charge in [-0.25, -0.2) is 4.72 Å². The molecule has 0 unspecified atom stereocenters. The maximum atomic E-state index is 11.7. The minimum absolute atomic E-state index is 0.356. The van der Waals surface area contributed by atoms with E-state index in [1.165, 1.54) is 18.4 Å². The first kappa shape index (κ1) is 18.4. The largest absolute Gasteiger partial charge is 0.387 e. The summed E-state index contributed by atoms with van der Waals surface area (Å²) in [7, 11) is -0.289. The van der Waals surface area contributed by atoms with Crippen molar-refractivity contribution in [3.05, 3.63) is 35.9 Å². The van der Waals surface area contributed by atoms with Crippen LogP contribution in [0.2, 0.25) is 0 Å². The molecule has 0 radical (unpaired) electrons. The van der Waals surface area contributed by atoms with E-state index in [1.54, 1.807) is 0 Å². The number of aliphatic hydroxyl groups is 1. The molecule has 0 aromatic heterocycles. The first-order chi connectivity index (χ1) is 10.9. The third-order valence-corrected chi connectivity index (χ3v) is 5.85. The number of hydrogen-bond donors (Lipinski definition) is 2. The zero-order valence-electron chi connectivity index (χ0n) is 13.9. The monoisotopic (exact) mass is 341 g/mol. The smallest absolute Gasteiger partial charge is 0.278 e. The lowest BCUT2D eigenvalue weighted by Crippen LogP contribution is -2.42. The van der Waals surface area contributed by atoms with E-state index >= 15 is 0 Å². The minimum Gasteiger partial charge on any atom is -0.387 e. The number of piperidine rings is 1. The van der Waals surface area contributed by atoms with Gasteiger partial charge in [0.1, 0.15) is 0 Å². The molecule has 1 aromatic carbocycles. The van der Waals surface area contributed by atoms with Crippen LogP contribution in [0, 0.1) is 5.92 Å². The summed E-state index contributed by atoms with van der Waals surface area (Å²) in [5.74, 6) is 0.356. The molecule has 0 spiro atoms. The number of benzene rings is 1. The van der Waals surface area contributed by atoms with Crippen molar-refractivity contribution in [2.24, 2.45) is 5.92 Å². The normalized spacial score (nSPS) is 19.1. The lowest BCUT2D eigenvalue weighted by atomic mass is 9.96. The first-order valence-electron chi connectivity index (χ1n) is 8.01. The van der Waals surface area contributed by atoms with Gasteiger partial charge in [0.25, 0.3) is 10.2 Å². The second-order valence-corrected chi connectivity index (χ2v) is 8.28. The molecule has 130 valence electrons.